The summed E-state index contributed by atoms with van der Waals surface area (Å²) in [5.41, 5.74) is 5.12. The Bertz CT molecular complexity index is 2160. The molecule has 0 fully saturated rings. The number of nitriles is 1. The molecule has 0 spiro atoms. The molecule has 0 radical (unpaired) electrons. The molecular weight excluding hydrogens is 679 g/mol. The number of amides is 4. The number of hydrogen-bond acceptors (Lipinski definition) is 7. The Morgan fingerprint density at radius 1 is 0.882 bits per heavy atom. The molecule has 1 aliphatic rings. The molecule has 6 rings (SSSR count). The Balaban J connectivity index is 1.13. The van der Waals surface area contributed by atoms with E-state index in [0.717, 1.165) is 32.0 Å². The van der Waals surface area contributed by atoms with Crippen LogP contribution in [0.25, 0.3) is 17.2 Å². The van der Waals surface area contributed by atoms with Crippen molar-refractivity contribution in [1.82, 2.24) is 10.2 Å². The minimum Gasteiger partial charge on any atom is -0.337 e. The maximum atomic E-state index is 13.6. The van der Waals surface area contributed by atoms with Gasteiger partial charge in [0.1, 0.15) is 16.8 Å². The molecule has 0 saturated carbocycles. The van der Waals surface area contributed by atoms with Crippen molar-refractivity contribution >= 4 is 63.5 Å². The number of nitrogens with one attached hydrogen (secondary N) is 3. The van der Waals surface area contributed by atoms with Gasteiger partial charge in [-0.1, -0.05) is 78.9 Å². The Kier molecular flexibility index (Phi) is 11.1. The van der Waals surface area contributed by atoms with Gasteiger partial charge in [0.15, 0.2) is 0 Å². The van der Waals surface area contributed by atoms with Crippen molar-refractivity contribution in [2.45, 2.75) is 24.8 Å². The molecule has 2 heterocycles. The van der Waals surface area contributed by atoms with Gasteiger partial charge in [-0.15, -0.1) is 23.1 Å². The number of carbonyl (C=O) groups excluding carboxylic acids is 4. The van der Waals surface area contributed by atoms with Crippen molar-refractivity contribution in [2.24, 2.45) is 0 Å². The molecule has 1 aliphatic heterocycles. The fraction of sp³-hybridized carbons (Fsp3) is 0.125. The van der Waals surface area contributed by atoms with Crippen LogP contribution in [0.5, 0.6) is 0 Å². The van der Waals surface area contributed by atoms with E-state index in [1.54, 1.807) is 53.4 Å². The van der Waals surface area contributed by atoms with E-state index < -0.39 is 11.8 Å². The van der Waals surface area contributed by atoms with Crippen molar-refractivity contribution in [2.75, 3.05) is 22.9 Å². The number of fused-ring (bicyclic) bond motifs is 1. The zero-order valence-corrected chi connectivity index (χ0v) is 29.3. The molecule has 3 N–H and O–H groups in total. The molecule has 9 nitrogen and oxygen atoms in total. The molecule has 0 bridgehead atoms. The van der Waals surface area contributed by atoms with Crippen LogP contribution < -0.4 is 16.0 Å². The number of anilines is 2. The predicted octanol–water partition coefficient (Wildman–Crippen LogP) is 7.33. The normalized spacial score (nSPS) is 12.3. The third-order valence-corrected chi connectivity index (χ3v) is 10.3. The average molecular weight is 712 g/mol. The van der Waals surface area contributed by atoms with E-state index in [-0.39, 0.29) is 23.3 Å². The van der Waals surface area contributed by atoms with Crippen molar-refractivity contribution in [1.29, 1.82) is 5.26 Å². The van der Waals surface area contributed by atoms with E-state index in [1.165, 1.54) is 30.0 Å². The lowest BCUT2D eigenvalue weighted by Crippen LogP contribution is -2.33. The summed E-state index contributed by atoms with van der Waals surface area (Å²) >= 11 is 2.61. The lowest BCUT2D eigenvalue weighted by Gasteiger charge is -2.25. The first-order valence-electron chi connectivity index (χ1n) is 16.1. The van der Waals surface area contributed by atoms with Crippen molar-refractivity contribution < 1.29 is 19.2 Å². The molecule has 0 aliphatic carbocycles. The van der Waals surface area contributed by atoms with Gasteiger partial charge in [-0.05, 0) is 65.1 Å². The van der Waals surface area contributed by atoms with Crippen molar-refractivity contribution in [3.8, 4) is 17.2 Å². The number of benzene rings is 4. The van der Waals surface area contributed by atoms with E-state index in [2.05, 4.69) is 22.0 Å². The molecule has 51 heavy (non-hydrogen) atoms. The van der Waals surface area contributed by atoms with Crippen LogP contribution in [0.2, 0.25) is 0 Å². The third-order valence-electron chi connectivity index (χ3n) is 8.19. The minimum atomic E-state index is -0.514. The zero-order valence-electron chi connectivity index (χ0n) is 27.6. The summed E-state index contributed by atoms with van der Waals surface area (Å²) < 4.78 is 0. The SMILES string of the molecule is CC(=O)N1CCc2c(sc(NC(=O)CSc3cccc(NC(=O)/C(=C\c4ccc(-c5ccccc5)cc4)NC(=O)c4ccccc4)c3)c2C#N)C1. The van der Waals surface area contributed by atoms with Crippen LogP contribution in [0.4, 0.5) is 10.7 Å². The van der Waals surface area contributed by atoms with E-state index in [0.29, 0.717) is 41.3 Å². The maximum absolute atomic E-state index is 13.6. The quantitative estimate of drug-likeness (QED) is 0.103. The molecule has 5 aromatic rings. The topological polar surface area (TPSA) is 131 Å². The standard InChI is InChI=1S/C40H33N5O4S2/c1-26(46)45-20-19-33-34(23-41)40(51-36(33)24-45)44-37(47)25-50-32-14-8-13-31(22-32)42-39(49)35(43-38(48)30-11-6-3-7-12-30)21-27-15-17-29(18-16-27)28-9-4-2-5-10-28/h2-18,21-22H,19-20,24-25H2,1H3,(H,42,49)(H,43,48)(H,44,47)/b35-21+. The molecular formula is C40H33N5O4S2. The third kappa shape index (κ3) is 8.80. The molecule has 11 heteroatoms. The predicted molar refractivity (Wildman–Crippen MR) is 202 cm³/mol. The second kappa shape index (κ2) is 16.2. The van der Waals surface area contributed by atoms with Gasteiger partial charge >= 0.3 is 0 Å². The Hall–Kier alpha value is -5.96. The van der Waals surface area contributed by atoms with Crippen LogP contribution in [0.1, 0.15) is 38.8 Å². The molecule has 0 saturated heterocycles. The smallest absolute Gasteiger partial charge is 0.272 e. The van der Waals surface area contributed by atoms with Crippen LogP contribution in [-0.2, 0) is 27.3 Å². The summed E-state index contributed by atoms with van der Waals surface area (Å²) in [6.45, 7) is 2.50. The molecule has 4 amide bonds. The van der Waals surface area contributed by atoms with Gasteiger partial charge in [0.25, 0.3) is 11.8 Å². The van der Waals surface area contributed by atoms with Gasteiger partial charge in [0.05, 0.1) is 17.9 Å². The highest BCUT2D eigenvalue weighted by molar-refractivity contribution is 8.00. The summed E-state index contributed by atoms with van der Waals surface area (Å²) in [6.07, 6.45) is 2.20. The Morgan fingerprint density at radius 3 is 2.29 bits per heavy atom. The molecule has 0 unspecified atom stereocenters. The monoisotopic (exact) mass is 711 g/mol. The first kappa shape index (κ1) is 34.9. The largest absolute Gasteiger partial charge is 0.337 e. The minimum absolute atomic E-state index is 0.0223. The fourth-order valence-electron chi connectivity index (χ4n) is 5.56. The Labute approximate surface area is 304 Å². The Morgan fingerprint density at radius 2 is 1.59 bits per heavy atom. The van der Waals surface area contributed by atoms with Gasteiger partial charge in [0.2, 0.25) is 11.8 Å². The van der Waals surface area contributed by atoms with Crippen LogP contribution in [0, 0.1) is 11.3 Å². The molecule has 254 valence electrons. The maximum Gasteiger partial charge on any atom is 0.272 e. The van der Waals surface area contributed by atoms with Gasteiger partial charge in [-0.2, -0.15) is 5.26 Å². The summed E-state index contributed by atoms with van der Waals surface area (Å²) in [5.74, 6) is -1.16. The molecule has 1 aromatic heterocycles. The highest BCUT2D eigenvalue weighted by Gasteiger charge is 2.26. The van der Waals surface area contributed by atoms with Gasteiger partial charge in [0, 0.05) is 34.5 Å². The van der Waals surface area contributed by atoms with E-state index in [1.807, 2.05) is 66.7 Å². The van der Waals surface area contributed by atoms with E-state index in [4.69, 9.17) is 0 Å². The van der Waals surface area contributed by atoms with Crippen molar-refractivity contribution in [3.63, 3.8) is 0 Å². The number of hydrogen-bond donors (Lipinski definition) is 3. The highest BCUT2D eigenvalue weighted by Crippen LogP contribution is 2.37. The van der Waals surface area contributed by atoms with Crippen LogP contribution in [-0.4, -0.2) is 40.8 Å². The summed E-state index contributed by atoms with van der Waals surface area (Å²) in [6, 6.07) is 35.6. The van der Waals surface area contributed by atoms with E-state index in [9.17, 15) is 24.4 Å². The second-order valence-electron chi connectivity index (χ2n) is 11.7. The van der Waals surface area contributed by atoms with Crippen LogP contribution in [0.3, 0.4) is 0 Å². The zero-order chi connectivity index (χ0) is 35.7. The number of thioether (sulfide) groups is 1. The number of thiophene rings is 1. The van der Waals surface area contributed by atoms with E-state index >= 15 is 0 Å². The summed E-state index contributed by atoms with van der Waals surface area (Å²) in [5, 5.41) is 18.8. The van der Waals surface area contributed by atoms with Gasteiger partial charge in [-0.3, -0.25) is 19.2 Å². The first-order chi connectivity index (χ1) is 24.8. The van der Waals surface area contributed by atoms with Gasteiger partial charge < -0.3 is 20.9 Å². The summed E-state index contributed by atoms with van der Waals surface area (Å²) in [4.78, 5) is 55.0. The first-order valence-corrected chi connectivity index (χ1v) is 18.0. The fourth-order valence-corrected chi connectivity index (χ4v) is 7.55. The van der Waals surface area contributed by atoms with Crippen LogP contribution >= 0.6 is 23.1 Å². The summed E-state index contributed by atoms with van der Waals surface area (Å²) in [7, 11) is 0. The highest BCUT2D eigenvalue weighted by atomic mass is 32.2. The lowest BCUT2D eigenvalue weighted by molar-refractivity contribution is -0.129. The number of carbonyl (C=O) groups is 4. The van der Waals surface area contributed by atoms with Crippen LogP contribution in [0.15, 0.2) is 120 Å². The average Bonchev–Trinajstić information content (AvgIpc) is 3.50. The van der Waals surface area contributed by atoms with Crippen molar-refractivity contribution in [3.05, 3.63) is 142 Å². The molecule has 0 atom stereocenters. The lowest BCUT2D eigenvalue weighted by atomic mass is 10.0. The number of rotatable bonds is 10. The number of nitrogens with zero attached hydrogens (tertiary/aromatic N) is 2. The molecule has 4 aromatic carbocycles. The van der Waals surface area contributed by atoms with Gasteiger partial charge in [-0.25, -0.2) is 0 Å². The second-order valence-corrected chi connectivity index (χ2v) is 13.8.